The first kappa shape index (κ1) is 15.5. The first-order valence-corrected chi connectivity index (χ1v) is 7.17. The van der Waals surface area contributed by atoms with Crippen LogP contribution >= 0.6 is 23.2 Å². The highest BCUT2D eigenvalue weighted by atomic mass is 35.5. The molecule has 0 saturated heterocycles. The molecule has 108 valence electrons. The van der Waals surface area contributed by atoms with Crippen molar-refractivity contribution in [2.24, 2.45) is 5.10 Å². The summed E-state index contributed by atoms with van der Waals surface area (Å²) >= 11 is 11.8. The maximum Gasteiger partial charge on any atom is 0.272 e. The molecule has 0 aliphatic heterocycles. The van der Waals surface area contributed by atoms with Gasteiger partial charge in [0.15, 0.2) is 0 Å². The second-order valence-electron chi connectivity index (χ2n) is 4.54. The molecule has 1 N–H and O–H groups in total. The molecule has 0 unspecified atom stereocenters. The lowest BCUT2D eigenvalue weighted by Crippen LogP contribution is -2.18. The van der Waals surface area contributed by atoms with Crippen molar-refractivity contribution in [1.82, 2.24) is 5.43 Å². The van der Waals surface area contributed by atoms with Crippen LogP contribution in [0.4, 0.5) is 0 Å². The third-order valence-electron chi connectivity index (χ3n) is 2.96. The number of halogens is 2. The molecule has 2 rings (SSSR count). The summed E-state index contributed by atoms with van der Waals surface area (Å²) in [4.78, 5) is 12.0. The van der Waals surface area contributed by atoms with E-state index in [2.05, 4.69) is 10.5 Å². The Balaban J connectivity index is 2.01. The summed E-state index contributed by atoms with van der Waals surface area (Å²) in [6, 6.07) is 14.6. The number of benzene rings is 2. The number of hydrogen-bond acceptors (Lipinski definition) is 2. The van der Waals surface area contributed by atoms with Gasteiger partial charge >= 0.3 is 0 Å². The number of carbonyl (C=O) groups excluding carboxylic acids is 1. The van der Waals surface area contributed by atoms with E-state index in [1.54, 1.807) is 18.3 Å². The van der Waals surface area contributed by atoms with Gasteiger partial charge < -0.3 is 0 Å². The minimum Gasteiger partial charge on any atom is -0.267 e. The largest absolute Gasteiger partial charge is 0.272 e. The number of carbonyl (C=O) groups is 1. The van der Waals surface area contributed by atoms with Crippen molar-refractivity contribution in [3.63, 3.8) is 0 Å². The molecule has 0 radical (unpaired) electrons. The van der Waals surface area contributed by atoms with Crippen LogP contribution in [0.1, 0.15) is 28.8 Å². The van der Waals surface area contributed by atoms with Gasteiger partial charge in [0.2, 0.25) is 0 Å². The Morgan fingerprint density at radius 2 is 1.90 bits per heavy atom. The highest BCUT2D eigenvalue weighted by Gasteiger charge is 2.10. The molecule has 0 bridgehead atoms. The van der Waals surface area contributed by atoms with Crippen molar-refractivity contribution in [3.05, 3.63) is 69.7 Å². The summed E-state index contributed by atoms with van der Waals surface area (Å²) < 4.78 is 0. The van der Waals surface area contributed by atoms with Crippen LogP contribution in [0.5, 0.6) is 0 Å². The highest BCUT2D eigenvalue weighted by Crippen LogP contribution is 2.20. The number of rotatable bonds is 4. The zero-order chi connectivity index (χ0) is 15.2. The normalized spacial score (nSPS) is 12.3. The van der Waals surface area contributed by atoms with Crippen LogP contribution in [0.2, 0.25) is 10.0 Å². The van der Waals surface area contributed by atoms with Gasteiger partial charge in [0.05, 0.1) is 10.6 Å². The Bertz CT molecular complexity index is 657. The van der Waals surface area contributed by atoms with E-state index in [-0.39, 0.29) is 11.8 Å². The molecule has 0 aliphatic rings. The molecular weight excluding hydrogens is 307 g/mol. The third-order valence-corrected chi connectivity index (χ3v) is 3.53. The van der Waals surface area contributed by atoms with Crippen molar-refractivity contribution in [2.75, 3.05) is 0 Å². The van der Waals surface area contributed by atoms with E-state index < -0.39 is 0 Å². The molecule has 0 aliphatic carbocycles. The highest BCUT2D eigenvalue weighted by molar-refractivity contribution is 6.35. The van der Waals surface area contributed by atoms with E-state index >= 15 is 0 Å². The van der Waals surface area contributed by atoms with Crippen molar-refractivity contribution >= 4 is 35.3 Å². The van der Waals surface area contributed by atoms with E-state index in [0.717, 1.165) is 5.56 Å². The average molecular weight is 321 g/mol. The number of hydrazone groups is 1. The fraction of sp³-hybridized carbons (Fsp3) is 0.125. The molecule has 0 spiro atoms. The topological polar surface area (TPSA) is 41.5 Å². The van der Waals surface area contributed by atoms with Gasteiger partial charge in [-0.15, -0.1) is 0 Å². The Labute approximate surface area is 133 Å². The van der Waals surface area contributed by atoms with Gasteiger partial charge in [-0.1, -0.05) is 60.5 Å². The molecule has 3 nitrogen and oxygen atoms in total. The SMILES string of the molecule is C[C@H](/C=N\NC(=O)c1cc(Cl)ccc1Cl)c1ccccc1. The second kappa shape index (κ2) is 7.25. The third kappa shape index (κ3) is 4.31. The zero-order valence-corrected chi connectivity index (χ0v) is 12.9. The monoisotopic (exact) mass is 320 g/mol. The molecule has 1 amide bonds. The minimum atomic E-state index is -0.390. The molecule has 0 aromatic heterocycles. The Hall–Kier alpha value is -1.84. The summed E-state index contributed by atoms with van der Waals surface area (Å²) in [6.45, 7) is 2.00. The molecule has 21 heavy (non-hydrogen) atoms. The zero-order valence-electron chi connectivity index (χ0n) is 11.4. The van der Waals surface area contributed by atoms with Gasteiger partial charge in [-0.3, -0.25) is 4.79 Å². The Morgan fingerprint density at radius 1 is 1.19 bits per heavy atom. The molecule has 0 heterocycles. The van der Waals surface area contributed by atoms with Crippen molar-refractivity contribution in [2.45, 2.75) is 12.8 Å². The van der Waals surface area contributed by atoms with Gasteiger partial charge in [-0.05, 0) is 23.8 Å². The van der Waals surface area contributed by atoms with Gasteiger partial charge in [-0.2, -0.15) is 5.10 Å². The molecule has 0 fully saturated rings. The lowest BCUT2D eigenvalue weighted by Gasteiger charge is -2.06. The van der Waals surface area contributed by atoms with E-state index in [0.29, 0.717) is 15.6 Å². The lowest BCUT2D eigenvalue weighted by molar-refractivity contribution is 0.0955. The van der Waals surface area contributed by atoms with E-state index in [1.165, 1.54) is 6.07 Å². The summed E-state index contributed by atoms with van der Waals surface area (Å²) in [7, 11) is 0. The summed E-state index contributed by atoms with van der Waals surface area (Å²) in [6.07, 6.45) is 1.67. The van der Waals surface area contributed by atoms with Crippen LogP contribution < -0.4 is 5.43 Å². The lowest BCUT2D eigenvalue weighted by atomic mass is 10.0. The number of amides is 1. The van der Waals surface area contributed by atoms with Crippen LogP contribution in [0.3, 0.4) is 0 Å². The maximum absolute atomic E-state index is 12.0. The van der Waals surface area contributed by atoms with Crippen LogP contribution in [0.15, 0.2) is 53.6 Å². The standard InChI is InChI=1S/C16H14Cl2N2O/c1-11(12-5-3-2-4-6-12)10-19-20-16(21)14-9-13(17)7-8-15(14)18/h2-11H,1H3,(H,20,21)/b19-10-/t11-/m1/s1. The first-order chi connectivity index (χ1) is 10.1. The molecule has 5 heteroatoms. The Morgan fingerprint density at radius 3 is 2.62 bits per heavy atom. The van der Waals surface area contributed by atoms with E-state index in [4.69, 9.17) is 23.2 Å². The van der Waals surface area contributed by atoms with Crippen molar-refractivity contribution < 1.29 is 4.79 Å². The number of nitrogens with zero attached hydrogens (tertiary/aromatic N) is 1. The predicted octanol–water partition coefficient (Wildman–Crippen LogP) is 4.51. The van der Waals surface area contributed by atoms with Crippen molar-refractivity contribution in [3.8, 4) is 0 Å². The molecule has 2 aromatic rings. The molecule has 2 aromatic carbocycles. The van der Waals surface area contributed by atoms with E-state index in [1.807, 2.05) is 37.3 Å². The maximum atomic E-state index is 12.0. The predicted molar refractivity (Wildman–Crippen MR) is 87.3 cm³/mol. The summed E-state index contributed by atoms with van der Waals surface area (Å²) in [5.74, 6) is -0.291. The van der Waals surface area contributed by atoms with Gasteiger partial charge in [-0.25, -0.2) is 5.43 Å². The summed E-state index contributed by atoms with van der Waals surface area (Å²) in [5, 5.41) is 4.75. The smallest absolute Gasteiger partial charge is 0.267 e. The number of hydrogen-bond donors (Lipinski definition) is 1. The fourth-order valence-electron chi connectivity index (χ4n) is 1.78. The quantitative estimate of drug-likeness (QED) is 0.653. The Kier molecular flexibility index (Phi) is 5.37. The molecular formula is C16H14Cl2N2O. The second-order valence-corrected chi connectivity index (χ2v) is 5.39. The first-order valence-electron chi connectivity index (χ1n) is 6.41. The molecule has 0 saturated carbocycles. The average Bonchev–Trinajstić information content (AvgIpc) is 2.50. The van der Waals surface area contributed by atoms with Crippen molar-refractivity contribution in [1.29, 1.82) is 0 Å². The van der Waals surface area contributed by atoms with E-state index in [9.17, 15) is 4.79 Å². The fourth-order valence-corrected chi connectivity index (χ4v) is 2.16. The number of nitrogens with one attached hydrogen (secondary N) is 1. The molecule has 1 atom stereocenters. The minimum absolute atomic E-state index is 0.0985. The van der Waals surface area contributed by atoms with Gasteiger partial charge in [0, 0.05) is 17.2 Å². The van der Waals surface area contributed by atoms with Gasteiger partial charge in [0.25, 0.3) is 5.91 Å². The van der Waals surface area contributed by atoms with Crippen LogP contribution in [0, 0.1) is 0 Å². The summed E-state index contributed by atoms with van der Waals surface area (Å²) in [5.41, 5.74) is 3.88. The van der Waals surface area contributed by atoms with Crippen LogP contribution in [-0.2, 0) is 0 Å². The van der Waals surface area contributed by atoms with Crippen LogP contribution in [-0.4, -0.2) is 12.1 Å². The van der Waals surface area contributed by atoms with Gasteiger partial charge in [0.1, 0.15) is 0 Å². The van der Waals surface area contributed by atoms with Crippen LogP contribution in [0.25, 0.3) is 0 Å².